The lowest BCUT2D eigenvalue weighted by atomic mass is 9.93. The smallest absolute Gasteiger partial charge is 0.243 e. The largest absolute Gasteiger partial charge is 0.508 e. The van der Waals surface area contributed by atoms with E-state index in [2.05, 4.69) is 26.6 Å². The Morgan fingerprint density at radius 3 is 2.24 bits per heavy atom. The topological polar surface area (TPSA) is 270 Å². The summed E-state index contributed by atoms with van der Waals surface area (Å²) in [4.78, 5) is 65.1. The fraction of sp³-hybridized carbons (Fsp3) is 0.528. The molecule has 51 heavy (non-hydrogen) atoms. The van der Waals surface area contributed by atoms with E-state index in [9.17, 15) is 29.1 Å². The van der Waals surface area contributed by atoms with Crippen molar-refractivity contribution in [1.82, 2.24) is 26.6 Å². The molecule has 15 heteroatoms. The molecule has 0 saturated carbocycles. The molecule has 2 aromatic carbocycles. The minimum Gasteiger partial charge on any atom is -0.508 e. The van der Waals surface area contributed by atoms with Gasteiger partial charge in [-0.1, -0.05) is 31.2 Å². The molecule has 5 atom stereocenters. The quantitative estimate of drug-likeness (QED) is 0.102. The van der Waals surface area contributed by atoms with Crippen molar-refractivity contribution < 1.29 is 29.1 Å². The van der Waals surface area contributed by atoms with Crippen molar-refractivity contribution in [2.24, 2.45) is 22.9 Å². The van der Waals surface area contributed by atoms with Gasteiger partial charge in [0.15, 0.2) is 0 Å². The molecule has 1 heterocycles. The van der Waals surface area contributed by atoms with Crippen LogP contribution in [0.2, 0.25) is 0 Å². The van der Waals surface area contributed by atoms with Crippen LogP contribution in [-0.2, 0) is 36.8 Å². The molecule has 0 saturated heterocycles. The number of carbonyl (C=O) groups is 5. The molecule has 0 aliphatic carbocycles. The molecule has 0 fully saturated rings. The van der Waals surface area contributed by atoms with Gasteiger partial charge in [-0.05, 0) is 91.9 Å². The maximum absolute atomic E-state index is 13.7. The highest BCUT2D eigenvalue weighted by Gasteiger charge is 2.30. The highest BCUT2D eigenvalue weighted by atomic mass is 16.3. The van der Waals surface area contributed by atoms with E-state index in [0.29, 0.717) is 44.3 Å². The normalized spacial score (nSPS) is 19.0. The van der Waals surface area contributed by atoms with Crippen LogP contribution in [-0.4, -0.2) is 91.0 Å². The molecular weight excluding hydrogens is 654 g/mol. The Bertz CT molecular complexity index is 1520. The highest BCUT2D eigenvalue weighted by Crippen LogP contribution is 2.29. The van der Waals surface area contributed by atoms with E-state index < -0.39 is 53.8 Å². The van der Waals surface area contributed by atoms with Gasteiger partial charge in [0.1, 0.15) is 23.9 Å². The number of hydrogen-bond donors (Lipinski definition) is 10. The predicted octanol–water partition coefficient (Wildman–Crippen LogP) is -0.914. The van der Waals surface area contributed by atoms with Crippen LogP contribution in [0.1, 0.15) is 62.1 Å². The molecule has 0 radical (unpaired) electrons. The molecule has 3 rings (SSSR count). The van der Waals surface area contributed by atoms with Gasteiger partial charge >= 0.3 is 0 Å². The van der Waals surface area contributed by atoms with Gasteiger partial charge < -0.3 is 54.6 Å². The van der Waals surface area contributed by atoms with E-state index in [1.807, 2.05) is 32.0 Å². The predicted molar refractivity (Wildman–Crippen MR) is 195 cm³/mol. The Balaban J connectivity index is 1.74. The number of phenols is 1. The van der Waals surface area contributed by atoms with Crippen LogP contribution < -0.4 is 49.5 Å². The van der Waals surface area contributed by atoms with E-state index in [4.69, 9.17) is 22.9 Å². The Morgan fingerprint density at radius 2 is 1.53 bits per heavy atom. The van der Waals surface area contributed by atoms with Crippen molar-refractivity contribution in [3.05, 3.63) is 53.1 Å². The van der Waals surface area contributed by atoms with Crippen molar-refractivity contribution in [2.45, 2.75) is 95.4 Å². The number of benzene rings is 2. The second-order valence-electron chi connectivity index (χ2n) is 13.1. The summed E-state index contributed by atoms with van der Waals surface area (Å²) >= 11 is 0. The number of amides is 5. The Morgan fingerprint density at radius 1 is 0.863 bits per heavy atom. The van der Waals surface area contributed by atoms with Crippen molar-refractivity contribution in [3.63, 3.8) is 0 Å². The molecule has 1 unspecified atom stereocenters. The summed E-state index contributed by atoms with van der Waals surface area (Å²) in [6.07, 6.45) is 3.25. The first-order chi connectivity index (χ1) is 24.3. The van der Waals surface area contributed by atoms with E-state index in [0.717, 1.165) is 28.7 Å². The lowest BCUT2D eigenvalue weighted by Gasteiger charge is -2.25. The number of unbranched alkanes of at least 4 members (excludes halogenated alkanes) is 1. The Labute approximate surface area is 299 Å². The Kier molecular flexibility index (Phi) is 16.3. The number of carbonyl (C=O) groups excluding carboxylic acids is 5. The second-order valence-corrected chi connectivity index (χ2v) is 13.1. The SMILES string of the molecule is CCCNC(=O)[C@@H](N)CCCCNC(=O)C(N)CNC(=O)[C@@H]1Cc2cc(ccc2C)-c2ccc(O)c(c2)C[C@H](N)C(=O)N[C@@H](CCCN)C(=O)N1. The van der Waals surface area contributed by atoms with Gasteiger partial charge in [0.2, 0.25) is 29.5 Å². The summed E-state index contributed by atoms with van der Waals surface area (Å²) in [7, 11) is 0. The average Bonchev–Trinajstić information content (AvgIpc) is 3.11. The maximum atomic E-state index is 13.7. The lowest BCUT2D eigenvalue weighted by molar-refractivity contribution is -0.132. The average molecular weight is 710 g/mol. The van der Waals surface area contributed by atoms with Gasteiger partial charge in [-0.25, -0.2) is 0 Å². The second kappa shape index (κ2) is 20.3. The molecule has 280 valence electrons. The Hall–Kier alpha value is -4.57. The van der Waals surface area contributed by atoms with Crippen LogP contribution in [0, 0.1) is 6.92 Å². The summed E-state index contributed by atoms with van der Waals surface area (Å²) in [5, 5.41) is 24.2. The maximum Gasteiger partial charge on any atom is 0.243 e. The van der Waals surface area contributed by atoms with E-state index in [-0.39, 0.29) is 44.0 Å². The molecule has 15 nitrogen and oxygen atoms in total. The van der Waals surface area contributed by atoms with Crippen LogP contribution in [0.15, 0.2) is 36.4 Å². The number of hydrogen-bond acceptors (Lipinski definition) is 10. The van der Waals surface area contributed by atoms with Crippen LogP contribution in [0.5, 0.6) is 5.75 Å². The highest BCUT2D eigenvalue weighted by molar-refractivity contribution is 5.93. The van der Waals surface area contributed by atoms with Crippen molar-refractivity contribution in [1.29, 1.82) is 0 Å². The van der Waals surface area contributed by atoms with Gasteiger partial charge in [-0.3, -0.25) is 24.0 Å². The lowest BCUT2D eigenvalue weighted by Crippen LogP contribution is -2.57. The zero-order valence-corrected chi connectivity index (χ0v) is 29.6. The van der Waals surface area contributed by atoms with E-state index in [1.165, 1.54) is 0 Å². The summed E-state index contributed by atoms with van der Waals surface area (Å²) in [6, 6.07) is 5.91. The van der Waals surface area contributed by atoms with Crippen LogP contribution in [0.25, 0.3) is 11.1 Å². The zero-order chi connectivity index (χ0) is 37.5. The molecule has 1 aliphatic heterocycles. The number of rotatable bonds is 15. The van der Waals surface area contributed by atoms with Crippen LogP contribution in [0.3, 0.4) is 0 Å². The molecular formula is C36H55N9O6. The number of aryl methyl sites for hydroxylation is 1. The van der Waals surface area contributed by atoms with E-state index >= 15 is 0 Å². The number of aromatic hydroxyl groups is 1. The summed E-state index contributed by atoms with van der Waals surface area (Å²) < 4.78 is 0. The molecule has 5 amide bonds. The van der Waals surface area contributed by atoms with Crippen molar-refractivity contribution in [2.75, 3.05) is 26.2 Å². The molecule has 4 bridgehead atoms. The monoisotopic (exact) mass is 709 g/mol. The first-order valence-electron chi connectivity index (χ1n) is 17.7. The standard InChI is InChI=1S/C36H55N9O6/c1-3-14-41-32(47)26(38)7-4-5-15-42-33(48)28(40)20-43-35(50)30-19-24-16-22(10-9-21(24)2)23-11-12-31(46)25(17-23)18-27(39)34(49)44-29(8-6-13-37)36(51)45-30/h9-12,16-17,26-30,46H,3-8,13-15,18-20,37-40H2,1-2H3,(H,41,47)(H,42,48)(H,43,50)(H,44,49)(H,45,51)/t26-,27-,28?,29-,30-/m0/s1. The minimum atomic E-state index is -1.09. The van der Waals surface area contributed by atoms with Crippen LogP contribution in [0.4, 0.5) is 0 Å². The van der Waals surface area contributed by atoms with Gasteiger partial charge in [0.25, 0.3) is 0 Å². The minimum absolute atomic E-state index is 0.00642. The number of fused-ring (bicyclic) bond motifs is 5. The summed E-state index contributed by atoms with van der Waals surface area (Å²) in [5.74, 6) is -2.43. The fourth-order valence-electron chi connectivity index (χ4n) is 5.67. The van der Waals surface area contributed by atoms with Crippen LogP contribution >= 0.6 is 0 Å². The molecule has 0 aromatic heterocycles. The molecule has 1 aliphatic rings. The third-order valence-corrected chi connectivity index (χ3v) is 8.89. The van der Waals surface area contributed by atoms with E-state index in [1.54, 1.807) is 18.2 Å². The number of nitrogens with two attached hydrogens (primary N) is 4. The molecule has 14 N–H and O–H groups in total. The number of phenolic OH excluding ortho intramolecular Hbond substituents is 1. The first-order valence-corrected chi connectivity index (χ1v) is 17.7. The summed E-state index contributed by atoms with van der Waals surface area (Å²) in [5.41, 5.74) is 27.7. The zero-order valence-electron chi connectivity index (χ0n) is 29.6. The molecule has 0 spiro atoms. The van der Waals surface area contributed by atoms with Crippen molar-refractivity contribution in [3.8, 4) is 16.9 Å². The number of nitrogens with one attached hydrogen (secondary N) is 5. The molecule has 2 aromatic rings. The van der Waals surface area contributed by atoms with Crippen molar-refractivity contribution >= 4 is 29.5 Å². The third-order valence-electron chi connectivity index (χ3n) is 8.89. The van der Waals surface area contributed by atoms with Gasteiger partial charge in [-0.2, -0.15) is 0 Å². The van der Waals surface area contributed by atoms with Gasteiger partial charge in [0.05, 0.1) is 12.1 Å². The van der Waals surface area contributed by atoms with Gasteiger partial charge in [-0.15, -0.1) is 0 Å². The third kappa shape index (κ3) is 12.6. The fourth-order valence-corrected chi connectivity index (χ4v) is 5.67. The summed E-state index contributed by atoms with van der Waals surface area (Å²) in [6.45, 7) is 4.81. The van der Waals surface area contributed by atoms with Gasteiger partial charge in [0, 0.05) is 32.5 Å². The first kappa shape index (κ1) is 40.9.